The third kappa shape index (κ3) is 4.75. The van der Waals surface area contributed by atoms with Crippen molar-refractivity contribution in [2.24, 2.45) is 46.3 Å². The van der Waals surface area contributed by atoms with Gasteiger partial charge in [0.15, 0.2) is 0 Å². The van der Waals surface area contributed by atoms with Gasteiger partial charge in [-0.1, -0.05) is 63.9 Å². The van der Waals surface area contributed by atoms with Crippen LogP contribution in [-0.2, 0) is 6.54 Å². The molecule has 196 valence electrons. The lowest BCUT2D eigenvalue weighted by molar-refractivity contribution is -0.174. The van der Waals surface area contributed by atoms with Crippen LogP contribution in [0.5, 0.6) is 0 Å². The van der Waals surface area contributed by atoms with Crippen molar-refractivity contribution < 1.29 is 10.2 Å². The maximum atomic E-state index is 11.7. The number of benzene rings is 1. The molecule has 3 N–H and O–H groups in total. The summed E-state index contributed by atoms with van der Waals surface area (Å²) in [5.41, 5.74) is 1.80. The molecule has 4 aliphatic carbocycles. The second-order valence-corrected chi connectivity index (χ2v) is 13.5. The molecule has 0 radical (unpaired) electrons. The second kappa shape index (κ2) is 10.5. The van der Waals surface area contributed by atoms with E-state index in [1.807, 2.05) is 0 Å². The van der Waals surface area contributed by atoms with Gasteiger partial charge in [0, 0.05) is 6.54 Å². The minimum Gasteiger partial charge on any atom is -0.393 e. The summed E-state index contributed by atoms with van der Waals surface area (Å²) in [4.78, 5) is 0. The van der Waals surface area contributed by atoms with E-state index in [1.165, 1.54) is 50.5 Å². The molecular weight excluding hydrogens is 430 g/mol. The molecule has 4 fully saturated rings. The Bertz CT molecular complexity index is 828. The lowest BCUT2D eigenvalue weighted by atomic mass is 9.43. The fraction of sp³-hybridized carbons (Fsp3) is 0.812. The van der Waals surface area contributed by atoms with Gasteiger partial charge in [0.05, 0.1) is 12.2 Å². The topological polar surface area (TPSA) is 52.5 Å². The van der Waals surface area contributed by atoms with Gasteiger partial charge in [-0.25, -0.2) is 0 Å². The van der Waals surface area contributed by atoms with Crippen LogP contribution >= 0.6 is 0 Å². The molecule has 5 rings (SSSR count). The van der Waals surface area contributed by atoms with Crippen LogP contribution in [0.3, 0.4) is 0 Å². The Balaban J connectivity index is 1.16. The van der Waals surface area contributed by atoms with E-state index in [-0.39, 0.29) is 17.6 Å². The predicted molar refractivity (Wildman–Crippen MR) is 144 cm³/mol. The Morgan fingerprint density at radius 2 is 1.74 bits per heavy atom. The Morgan fingerprint density at radius 3 is 2.54 bits per heavy atom. The molecule has 0 heterocycles. The minimum absolute atomic E-state index is 0.0892. The maximum Gasteiger partial charge on any atom is 0.0602 e. The molecule has 0 unspecified atom stereocenters. The fourth-order valence-electron chi connectivity index (χ4n) is 9.91. The summed E-state index contributed by atoms with van der Waals surface area (Å²) in [5.74, 6) is 4.17. The van der Waals surface area contributed by atoms with Crippen LogP contribution in [0.25, 0.3) is 0 Å². The fourth-order valence-corrected chi connectivity index (χ4v) is 9.91. The summed E-state index contributed by atoms with van der Waals surface area (Å²) in [6.45, 7) is 9.54. The van der Waals surface area contributed by atoms with E-state index in [1.54, 1.807) is 0 Å². The number of fused-ring (bicyclic) bond motifs is 5. The van der Waals surface area contributed by atoms with E-state index in [2.05, 4.69) is 56.4 Å². The molecule has 1 aromatic carbocycles. The largest absolute Gasteiger partial charge is 0.393 e. The van der Waals surface area contributed by atoms with Gasteiger partial charge in [0.25, 0.3) is 0 Å². The molecule has 3 heteroatoms. The second-order valence-electron chi connectivity index (χ2n) is 13.5. The first kappa shape index (κ1) is 25.7. The Kier molecular flexibility index (Phi) is 7.69. The molecule has 0 spiro atoms. The summed E-state index contributed by atoms with van der Waals surface area (Å²) in [5, 5.41) is 25.7. The highest BCUT2D eigenvalue weighted by Gasteiger charge is 2.63. The molecule has 0 bridgehead atoms. The molecule has 1 aromatic rings. The van der Waals surface area contributed by atoms with Gasteiger partial charge < -0.3 is 15.5 Å². The standard InChI is InChI=1S/C32H51NO2/c1-22(9-7-8-18-33-21-23-10-5-4-6-11-23)27-14-15-28-26-13-12-24-19-25(34)16-17-31(24,2)29(26)20-30(35)32(27,28)3/h4-6,10-11,22,24-30,33-35H,7-9,12-21H2,1-3H3/t22-,24-,25-,26+,27-,28+,29+,30+,31+,32-/m1/s1. The maximum absolute atomic E-state index is 11.7. The molecule has 0 saturated heterocycles. The molecule has 10 atom stereocenters. The molecule has 4 aliphatic rings. The summed E-state index contributed by atoms with van der Waals surface area (Å²) in [6.07, 6.45) is 13.0. The van der Waals surface area contributed by atoms with Gasteiger partial charge in [0.2, 0.25) is 0 Å². The van der Waals surface area contributed by atoms with Crippen molar-refractivity contribution >= 4 is 0 Å². The van der Waals surface area contributed by atoms with Crippen molar-refractivity contribution in [2.75, 3.05) is 6.54 Å². The Labute approximate surface area is 214 Å². The van der Waals surface area contributed by atoms with Gasteiger partial charge in [-0.3, -0.25) is 0 Å². The van der Waals surface area contributed by atoms with Crippen molar-refractivity contribution in [3.05, 3.63) is 35.9 Å². The smallest absolute Gasteiger partial charge is 0.0602 e. The van der Waals surface area contributed by atoms with Crippen LogP contribution in [0, 0.1) is 46.3 Å². The zero-order chi connectivity index (χ0) is 24.6. The summed E-state index contributed by atoms with van der Waals surface area (Å²) < 4.78 is 0. The predicted octanol–water partition coefficient (Wildman–Crippen LogP) is 6.57. The average molecular weight is 482 g/mol. The SMILES string of the molecule is C[C@H](CCCCNCc1ccccc1)[C@H]1CC[C@H]2[C@@H]3CC[C@@H]4C[C@H](O)CC[C@]4(C)[C@H]3C[C@H](O)[C@]12C. The Hall–Kier alpha value is -0.900. The van der Waals surface area contributed by atoms with Crippen LogP contribution in [0.2, 0.25) is 0 Å². The number of hydrogen-bond donors (Lipinski definition) is 3. The zero-order valence-corrected chi connectivity index (χ0v) is 22.6. The van der Waals surface area contributed by atoms with E-state index >= 15 is 0 Å². The van der Waals surface area contributed by atoms with Crippen LogP contribution in [0.1, 0.15) is 97.0 Å². The van der Waals surface area contributed by atoms with Crippen molar-refractivity contribution in [3.63, 3.8) is 0 Å². The van der Waals surface area contributed by atoms with E-state index < -0.39 is 0 Å². The molecule has 0 amide bonds. The highest BCUT2D eigenvalue weighted by Crippen LogP contribution is 2.68. The number of aliphatic hydroxyl groups excluding tert-OH is 2. The summed E-state index contributed by atoms with van der Waals surface area (Å²) in [6, 6.07) is 10.7. The summed E-state index contributed by atoms with van der Waals surface area (Å²) >= 11 is 0. The molecule has 3 nitrogen and oxygen atoms in total. The number of rotatable bonds is 8. The van der Waals surface area contributed by atoms with Crippen LogP contribution < -0.4 is 5.32 Å². The number of nitrogens with one attached hydrogen (secondary N) is 1. The highest BCUT2D eigenvalue weighted by molar-refractivity contribution is 5.14. The van der Waals surface area contributed by atoms with Crippen molar-refractivity contribution in [3.8, 4) is 0 Å². The first-order valence-corrected chi connectivity index (χ1v) is 14.9. The van der Waals surface area contributed by atoms with E-state index in [4.69, 9.17) is 0 Å². The quantitative estimate of drug-likeness (QED) is 0.368. The van der Waals surface area contributed by atoms with E-state index in [9.17, 15) is 10.2 Å². The zero-order valence-electron chi connectivity index (χ0n) is 22.6. The molecule has 35 heavy (non-hydrogen) atoms. The normalized spacial score (nSPS) is 43.7. The lowest BCUT2D eigenvalue weighted by Crippen LogP contribution is -2.58. The Morgan fingerprint density at radius 1 is 0.943 bits per heavy atom. The molecule has 0 aliphatic heterocycles. The average Bonchev–Trinajstić information content (AvgIpc) is 3.22. The van der Waals surface area contributed by atoms with Crippen molar-refractivity contribution in [2.45, 2.75) is 110 Å². The van der Waals surface area contributed by atoms with Gasteiger partial charge in [-0.2, -0.15) is 0 Å². The molecule has 4 saturated carbocycles. The number of aliphatic hydroxyl groups is 2. The minimum atomic E-state index is -0.154. The first-order chi connectivity index (χ1) is 16.8. The van der Waals surface area contributed by atoms with Gasteiger partial charge in [-0.05, 0) is 116 Å². The molecular formula is C32H51NO2. The van der Waals surface area contributed by atoms with Crippen LogP contribution in [-0.4, -0.2) is 29.0 Å². The van der Waals surface area contributed by atoms with Gasteiger partial charge in [0.1, 0.15) is 0 Å². The first-order valence-electron chi connectivity index (χ1n) is 14.9. The van der Waals surface area contributed by atoms with Crippen molar-refractivity contribution in [1.82, 2.24) is 5.32 Å². The third-order valence-corrected chi connectivity index (χ3v) is 11.9. The number of unbranched alkanes of at least 4 members (excludes halogenated alkanes) is 1. The highest BCUT2D eigenvalue weighted by atomic mass is 16.3. The number of hydrogen-bond acceptors (Lipinski definition) is 3. The van der Waals surface area contributed by atoms with Gasteiger partial charge in [-0.15, -0.1) is 0 Å². The van der Waals surface area contributed by atoms with Crippen LogP contribution in [0.4, 0.5) is 0 Å². The van der Waals surface area contributed by atoms with Gasteiger partial charge >= 0.3 is 0 Å². The molecule has 0 aromatic heterocycles. The lowest BCUT2D eigenvalue weighted by Gasteiger charge is -2.62. The van der Waals surface area contributed by atoms with E-state index in [0.717, 1.165) is 44.7 Å². The van der Waals surface area contributed by atoms with E-state index in [0.29, 0.717) is 35.0 Å². The van der Waals surface area contributed by atoms with Crippen molar-refractivity contribution in [1.29, 1.82) is 0 Å². The third-order valence-electron chi connectivity index (χ3n) is 11.9. The van der Waals surface area contributed by atoms with Crippen LogP contribution in [0.15, 0.2) is 30.3 Å². The summed E-state index contributed by atoms with van der Waals surface area (Å²) in [7, 11) is 0. The monoisotopic (exact) mass is 481 g/mol.